The minimum absolute atomic E-state index is 0.0409. The summed E-state index contributed by atoms with van der Waals surface area (Å²) in [4.78, 5) is 30.0. The molecule has 0 unspecified atom stereocenters. The van der Waals surface area contributed by atoms with Crippen LogP contribution in [0, 0.1) is 0 Å². The molecule has 0 radical (unpaired) electrons. The Bertz CT molecular complexity index is 1570. The monoisotopic (exact) mass is 517 g/mol. The SMILES string of the molecule is CC(C)S(=O)(=O)c1ccc(-c2cnc3[nH]cc(N4Cc5ccc(CCCN(C)C)cc5C4=O)c3n2)cc1. The van der Waals surface area contributed by atoms with E-state index in [2.05, 4.69) is 41.1 Å². The van der Waals surface area contributed by atoms with Crippen LogP contribution < -0.4 is 4.90 Å². The highest BCUT2D eigenvalue weighted by Gasteiger charge is 2.31. The van der Waals surface area contributed by atoms with E-state index < -0.39 is 15.1 Å². The lowest BCUT2D eigenvalue weighted by Crippen LogP contribution is -2.22. The summed E-state index contributed by atoms with van der Waals surface area (Å²) in [6, 6.07) is 12.9. The van der Waals surface area contributed by atoms with Crippen LogP contribution in [0.1, 0.15) is 41.8 Å². The van der Waals surface area contributed by atoms with E-state index in [0.29, 0.717) is 29.1 Å². The molecule has 0 fully saturated rings. The summed E-state index contributed by atoms with van der Waals surface area (Å²) in [5.74, 6) is -0.0409. The van der Waals surface area contributed by atoms with Gasteiger partial charge in [0.05, 0.1) is 34.3 Å². The molecule has 1 aliphatic rings. The Balaban J connectivity index is 1.42. The van der Waals surface area contributed by atoms with Crippen molar-refractivity contribution in [3.8, 4) is 11.3 Å². The third-order valence-corrected chi connectivity index (χ3v) is 8.97. The molecule has 3 heterocycles. The number of nitrogens with zero attached hydrogens (tertiary/aromatic N) is 4. The van der Waals surface area contributed by atoms with Gasteiger partial charge in [-0.15, -0.1) is 0 Å². The van der Waals surface area contributed by atoms with E-state index in [1.165, 1.54) is 5.56 Å². The number of benzene rings is 2. The van der Waals surface area contributed by atoms with E-state index in [-0.39, 0.29) is 10.8 Å². The number of H-pyrrole nitrogens is 1. The van der Waals surface area contributed by atoms with Crippen molar-refractivity contribution in [1.82, 2.24) is 19.9 Å². The molecule has 1 amide bonds. The fourth-order valence-electron chi connectivity index (χ4n) is 4.61. The number of sulfone groups is 1. The molecule has 1 aliphatic heterocycles. The van der Waals surface area contributed by atoms with Crippen molar-refractivity contribution in [2.45, 2.75) is 43.4 Å². The van der Waals surface area contributed by atoms with Gasteiger partial charge in [0.2, 0.25) is 0 Å². The molecule has 2 aromatic carbocycles. The fourth-order valence-corrected chi connectivity index (χ4v) is 5.67. The lowest BCUT2D eigenvalue weighted by molar-refractivity contribution is 0.0996. The van der Waals surface area contributed by atoms with Gasteiger partial charge in [-0.05, 0) is 76.7 Å². The molecule has 9 heteroatoms. The second-order valence-electron chi connectivity index (χ2n) is 10.0. The van der Waals surface area contributed by atoms with Crippen LogP contribution in [-0.4, -0.2) is 60.1 Å². The van der Waals surface area contributed by atoms with Crippen molar-refractivity contribution in [2.75, 3.05) is 25.5 Å². The predicted molar refractivity (Wildman–Crippen MR) is 145 cm³/mol. The molecule has 0 atom stereocenters. The normalized spacial score (nSPS) is 13.8. The van der Waals surface area contributed by atoms with Gasteiger partial charge in [0.25, 0.3) is 5.91 Å². The number of carbonyl (C=O) groups excluding carboxylic acids is 1. The van der Waals surface area contributed by atoms with E-state index in [9.17, 15) is 13.2 Å². The number of aryl methyl sites for hydroxylation is 1. The third-order valence-electron chi connectivity index (χ3n) is 6.80. The van der Waals surface area contributed by atoms with Crippen molar-refractivity contribution in [3.63, 3.8) is 0 Å². The van der Waals surface area contributed by atoms with Crippen LogP contribution >= 0.6 is 0 Å². The summed E-state index contributed by atoms with van der Waals surface area (Å²) in [7, 11) is 0.771. The number of nitrogens with one attached hydrogen (secondary N) is 1. The molecule has 0 spiro atoms. The molecule has 0 bridgehead atoms. The van der Waals surface area contributed by atoms with Crippen LogP contribution in [-0.2, 0) is 22.8 Å². The molecule has 4 aromatic rings. The van der Waals surface area contributed by atoms with Gasteiger partial charge in [0.1, 0.15) is 5.52 Å². The first kappa shape index (κ1) is 25.1. The van der Waals surface area contributed by atoms with Crippen molar-refractivity contribution >= 4 is 32.6 Å². The molecular weight excluding hydrogens is 486 g/mol. The number of aromatic amines is 1. The molecule has 2 aromatic heterocycles. The van der Waals surface area contributed by atoms with Crippen LogP contribution in [0.3, 0.4) is 0 Å². The molecule has 0 aliphatic carbocycles. The predicted octanol–water partition coefficient (Wildman–Crippen LogP) is 4.46. The summed E-state index contributed by atoms with van der Waals surface area (Å²) < 4.78 is 24.9. The summed E-state index contributed by atoms with van der Waals surface area (Å²) in [6.07, 6.45) is 5.39. The standard InChI is InChI=1S/C28H31N5O3S/c1-18(2)37(35,36)22-11-9-20(10-12-22)24-15-29-27-26(31-24)25(16-30-27)33-17-21-8-7-19(6-5-13-32(3)4)14-23(21)28(33)34/h7-12,14-16,18H,5-6,13,17H2,1-4H3,(H,29,30). The maximum absolute atomic E-state index is 13.4. The Morgan fingerprint density at radius 1 is 1.11 bits per heavy atom. The van der Waals surface area contributed by atoms with Crippen molar-refractivity contribution in [1.29, 1.82) is 0 Å². The van der Waals surface area contributed by atoms with Gasteiger partial charge < -0.3 is 14.8 Å². The Kier molecular flexibility index (Phi) is 6.59. The molecular formula is C28H31N5O3S. The third kappa shape index (κ3) is 4.76. The number of rotatable bonds is 8. The lowest BCUT2D eigenvalue weighted by Gasteiger charge is -2.14. The Morgan fingerprint density at radius 2 is 1.86 bits per heavy atom. The maximum Gasteiger partial charge on any atom is 0.259 e. The van der Waals surface area contributed by atoms with Crippen molar-refractivity contribution < 1.29 is 13.2 Å². The highest BCUT2D eigenvalue weighted by atomic mass is 32.2. The van der Waals surface area contributed by atoms with Gasteiger partial charge in [-0.3, -0.25) is 4.79 Å². The van der Waals surface area contributed by atoms with Crippen molar-refractivity contribution in [3.05, 3.63) is 71.5 Å². The smallest absolute Gasteiger partial charge is 0.259 e. The number of anilines is 1. The second kappa shape index (κ2) is 9.72. The summed E-state index contributed by atoms with van der Waals surface area (Å²) in [5.41, 5.74) is 6.13. The number of hydrogen-bond acceptors (Lipinski definition) is 6. The topological polar surface area (TPSA) is 99.3 Å². The first-order valence-electron chi connectivity index (χ1n) is 12.4. The molecule has 37 heavy (non-hydrogen) atoms. The molecule has 8 nitrogen and oxygen atoms in total. The summed E-state index contributed by atoms with van der Waals surface area (Å²) >= 11 is 0. The molecule has 1 N–H and O–H groups in total. The van der Waals surface area contributed by atoms with Crippen LogP contribution in [0.15, 0.2) is 59.8 Å². The van der Waals surface area contributed by atoms with Gasteiger partial charge in [-0.25, -0.2) is 18.4 Å². The zero-order valence-corrected chi connectivity index (χ0v) is 22.3. The van der Waals surface area contributed by atoms with E-state index in [1.54, 1.807) is 55.4 Å². The van der Waals surface area contributed by atoms with E-state index in [1.807, 2.05) is 6.07 Å². The van der Waals surface area contributed by atoms with Gasteiger partial charge in [0.15, 0.2) is 15.5 Å². The molecule has 5 rings (SSSR count). The van der Waals surface area contributed by atoms with Crippen molar-refractivity contribution in [2.24, 2.45) is 0 Å². The number of fused-ring (bicyclic) bond motifs is 2. The average Bonchev–Trinajstić information content (AvgIpc) is 3.44. The zero-order chi connectivity index (χ0) is 26.3. The van der Waals surface area contributed by atoms with Crippen LogP contribution in [0.5, 0.6) is 0 Å². The number of amides is 1. The van der Waals surface area contributed by atoms with Gasteiger partial charge in [-0.1, -0.05) is 24.3 Å². The van der Waals surface area contributed by atoms with Crippen LogP contribution in [0.4, 0.5) is 5.69 Å². The number of hydrogen-bond donors (Lipinski definition) is 1. The minimum atomic E-state index is -3.35. The van der Waals surface area contributed by atoms with Gasteiger partial charge in [0, 0.05) is 17.3 Å². The molecule has 0 saturated carbocycles. The molecule has 192 valence electrons. The largest absolute Gasteiger partial charge is 0.343 e. The Hall–Kier alpha value is -3.56. The van der Waals surface area contributed by atoms with Gasteiger partial charge >= 0.3 is 0 Å². The number of aromatic nitrogens is 3. The first-order valence-corrected chi connectivity index (χ1v) is 14.0. The summed E-state index contributed by atoms with van der Waals surface area (Å²) in [5, 5.41) is -0.492. The first-order chi connectivity index (χ1) is 17.6. The minimum Gasteiger partial charge on any atom is -0.343 e. The fraction of sp³-hybridized carbons (Fsp3) is 0.321. The van der Waals surface area contributed by atoms with Gasteiger partial charge in [-0.2, -0.15) is 0 Å². The second-order valence-corrected chi connectivity index (χ2v) is 12.5. The van der Waals surface area contributed by atoms with E-state index in [0.717, 1.165) is 36.1 Å². The highest BCUT2D eigenvalue weighted by molar-refractivity contribution is 7.92. The maximum atomic E-state index is 13.4. The van der Waals surface area contributed by atoms with Crippen LogP contribution in [0.25, 0.3) is 22.4 Å². The lowest BCUT2D eigenvalue weighted by atomic mass is 10.0. The van der Waals surface area contributed by atoms with E-state index in [4.69, 9.17) is 4.98 Å². The van der Waals surface area contributed by atoms with E-state index >= 15 is 0 Å². The zero-order valence-electron chi connectivity index (χ0n) is 21.5. The van der Waals surface area contributed by atoms with Crippen LogP contribution in [0.2, 0.25) is 0 Å². The molecule has 0 saturated heterocycles. The summed E-state index contributed by atoms with van der Waals surface area (Å²) in [6.45, 7) is 4.82. The Morgan fingerprint density at radius 3 is 2.57 bits per heavy atom. The highest BCUT2D eigenvalue weighted by Crippen LogP contribution is 2.34. The number of carbonyl (C=O) groups is 1. The quantitative estimate of drug-likeness (QED) is 0.370. The average molecular weight is 518 g/mol. The Labute approximate surface area is 217 Å².